The number of carbonyl (C=O) groups is 2. The van der Waals surface area contributed by atoms with E-state index < -0.39 is 5.97 Å². The van der Waals surface area contributed by atoms with Gasteiger partial charge in [0.05, 0.1) is 6.61 Å². The zero-order chi connectivity index (χ0) is 13.8. The molecule has 1 fully saturated rings. The largest absolute Gasteiger partial charge is 0.475 e. The molecule has 1 aromatic heterocycles. The van der Waals surface area contributed by atoms with Gasteiger partial charge in [-0.2, -0.15) is 0 Å². The first-order valence-electron chi connectivity index (χ1n) is 6.10. The summed E-state index contributed by atoms with van der Waals surface area (Å²) in [6.07, 6.45) is 1.93. The van der Waals surface area contributed by atoms with E-state index in [0.717, 1.165) is 18.9 Å². The van der Waals surface area contributed by atoms with Crippen molar-refractivity contribution in [3.05, 3.63) is 17.5 Å². The van der Waals surface area contributed by atoms with Crippen molar-refractivity contribution >= 4 is 11.9 Å². The number of hydrogen-bond donors (Lipinski definition) is 1. The Kier molecular flexibility index (Phi) is 4.16. The molecule has 7 nitrogen and oxygen atoms in total. The number of hydrogen-bond acceptors (Lipinski definition) is 5. The van der Waals surface area contributed by atoms with Gasteiger partial charge < -0.3 is 19.3 Å². The highest BCUT2D eigenvalue weighted by molar-refractivity contribution is 5.94. The molecule has 1 atom stereocenters. The van der Waals surface area contributed by atoms with E-state index in [2.05, 4.69) is 9.68 Å². The zero-order valence-corrected chi connectivity index (χ0v) is 10.7. The molecule has 0 spiro atoms. The Morgan fingerprint density at radius 1 is 1.63 bits per heavy atom. The van der Waals surface area contributed by atoms with Crippen molar-refractivity contribution in [2.24, 2.45) is 5.92 Å². The quantitative estimate of drug-likeness (QED) is 0.871. The molecule has 0 radical (unpaired) electrons. The van der Waals surface area contributed by atoms with Crippen LogP contribution in [-0.4, -0.2) is 53.8 Å². The predicted octanol–water partition coefficient (Wildman–Crippen LogP) is 0.871. The Morgan fingerprint density at radius 3 is 3.05 bits per heavy atom. The normalized spacial score (nSPS) is 19.4. The second-order valence-corrected chi connectivity index (χ2v) is 4.60. The molecule has 1 amide bonds. The minimum absolute atomic E-state index is 0.0375. The summed E-state index contributed by atoms with van der Waals surface area (Å²) in [7, 11) is 1.64. The standard InChI is InChI=1S/C12H16N2O5/c1-18-7-8-3-2-4-14(6-8)11(15)9-5-10(12(16)17)19-13-9/h5,8H,2-4,6-7H2,1H3,(H,16,17). The zero-order valence-electron chi connectivity index (χ0n) is 10.7. The number of ether oxygens (including phenoxy) is 1. The van der Waals surface area contributed by atoms with Crippen LogP contribution in [0.15, 0.2) is 10.6 Å². The maximum atomic E-state index is 12.2. The summed E-state index contributed by atoms with van der Waals surface area (Å²) in [6.45, 7) is 1.86. The lowest BCUT2D eigenvalue weighted by Gasteiger charge is -2.31. The number of carbonyl (C=O) groups excluding carboxylic acids is 1. The lowest BCUT2D eigenvalue weighted by atomic mass is 9.99. The molecule has 0 bridgehead atoms. The van der Waals surface area contributed by atoms with Gasteiger partial charge in [-0.3, -0.25) is 4.79 Å². The van der Waals surface area contributed by atoms with Gasteiger partial charge in [-0.15, -0.1) is 0 Å². The van der Waals surface area contributed by atoms with Crippen molar-refractivity contribution < 1.29 is 24.0 Å². The highest BCUT2D eigenvalue weighted by atomic mass is 16.5. The van der Waals surface area contributed by atoms with E-state index in [9.17, 15) is 9.59 Å². The first kappa shape index (κ1) is 13.5. The van der Waals surface area contributed by atoms with Crippen LogP contribution >= 0.6 is 0 Å². The van der Waals surface area contributed by atoms with E-state index in [0.29, 0.717) is 25.6 Å². The van der Waals surface area contributed by atoms with E-state index in [-0.39, 0.29) is 17.4 Å². The van der Waals surface area contributed by atoms with Crippen molar-refractivity contribution in [2.45, 2.75) is 12.8 Å². The molecule has 1 aliphatic heterocycles. The first-order chi connectivity index (χ1) is 9.11. The average molecular weight is 268 g/mol. The fourth-order valence-electron chi connectivity index (χ4n) is 2.26. The number of likely N-dealkylation sites (tertiary alicyclic amines) is 1. The minimum Gasteiger partial charge on any atom is -0.475 e. The van der Waals surface area contributed by atoms with E-state index in [1.54, 1.807) is 12.0 Å². The molecule has 0 saturated carbocycles. The Balaban J connectivity index is 2.03. The summed E-state index contributed by atoms with van der Waals surface area (Å²) >= 11 is 0. The van der Waals surface area contributed by atoms with Crippen LogP contribution in [0, 0.1) is 5.92 Å². The van der Waals surface area contributed by atoms with Crippen LogP contribution < -0.4 is 0 Å². The number of carboxylic acid groups (broad SMARTS) is 1. The van der Waals surface area contributed by atoms with Crippen molar-refractivity contribution in [2.75, 3.05) is 26.8 Å². The fourth-order valence-corrected chi connectivity index (χ4v) is 2.26. The van der Waals surface area contributed by atoms with Crippen LogP contribution in [0.2, 0.25) is 0 Å². The smallest absolute Gasteiger partial charge is 0.374 e. The predicted molar refractivity (Wildman–Crippen MR) is 64.0 cm³/mol. The molecule has 7 heteroatoms. The van der Waals surface area contributed by atoms with Crippen molar-refractivity contribution in [3.63, 3.8) is 0 Å². The van der Waals surface area contributed by atoms with Crippen LogP contribution in [0.4, 0.5) is 0 Å². The maximum absolute atomic E-state index is 12.2. The third-order valence-corrected chi connectivity index (χ3v) is 3.15. The third kappa shape index (κ3) is 3.11. The van der Waals surface area contributed by atoms with Crippen LogP contribution in [-0.2, 0) is 4.74 Å². The second kappa shape index (κ2) is 5.83. The van der Waals surface area contributed by atoms with E-state index in [4.69, 9.17) is 9.84 Å². The first-order valence-corrected chi connectivity index (χ1v) is 6.10. The van der Waals surface area contributed by atoms with Crippen LogP contribution in [0.25, 0.3) is 0 Å². The summed E-state index contributed by atoms with van der Waals surface area (Å²) in [4.78, 5) is 24.5. The van der Waals surface area contributed by atoms with E-state index in [1.165, 1.54) is 0 Å². The SMILES string of the molecule is COCC1CCCN(C(=O)c2cc(C(=O)O)on2)C1. The second-order valence-electron chi connectivity index (χ2n) is 4.60. The summed E-state index contributed by atoms with van der Waals surface area (Å²) < 4.78 is 9.69. The number of methoxy groups -OCH3 is 1. The van der Waals surface area contributed by atoms with Gasteiger partial charge in [0.25, 0.3) is 5.91 Å². The van der Waals surface area contributed by atoms with Gasteiger partial charge in [0.2, 0.25) is 5.76 Å². The Hall–Kier alpha value is -1.89. The van der Waals surface area contributed by atoms with Crippen LogP contribution in [0.1, 0.15) is 33.9 Å². The lowest BCUT2D eigenvalue weighted by Crippen LogP contribution is -2.41. The van der Waals surface area contributed by atoms with Gasteiger partial charge in [-0.05, 0) is 18.8 Å². The van der Waals surface area contributed by atoms with Gasteiger partial charge >= 0.3 is 5.97 Å². The summed E-state index contributed by atoms with van der Waals surface area (Å²) in [5.74, 6) is -1.54. The van der Waals surface area contributed by atoms with Crippen LogP contribution in [0.3, 0.4) is 0 Å². The Bertz CT molecular complexity index is 468. The van der Waals surface area contributed by atoms with Gasteiger partial charge in [0.15, 0.2) is 5.69 Å². The maximum Gasteiger partial charge on any atom is 0.374 e. The number of rotatable bonds is 4. The van der Waals surface area contributed by atoms with Crippen molar-refractivity contribution in [1.82, 2.24) is 10.1 Å². The number of carboxylic acids is 1. The summed E-state index contributed by atoms with van der Waals surface area (Å²) in [5.41, 5.74) is 0.0375. The fraction of sp³-hybridized carbons (Fsp3) is 0.583. The van der Waals surface area contributed by atoms with E-state index >= 15 is 0 Å². The third-order valence-electron chi connectivity index (χ3n) is 3.15. The summed E-state index contributed by atoms with van der Waals surface area (Å²) in [5, 5.41) is 12.2. The molecule has 19 heavy (non-hydrogen) atoms. The molecular formula is C12H16N2O5. The van der Waals surface area contributed by atoms with E-state index in [1.807, 2.05) is 0 Å². The molecule has 1 N–H and O–H groups in total. The average Bonchev–Trinajstić information content (AvgIpc) is 2.88. The summed E-state index contributed by atoms with van der Waals surface area (Å²) in [6, 6.07) is 1.16. The topological polar surface area (TPSA) is 92.9 Å². The molecule has 1 aliphatic rings. The van der Waals surface area contributed by atoms with Gasteiger partial charge in [0, 0.05) is 26.3 Å². The van der Waals surface area contributed by atoms with Crippen molar-refractivity contribution in [3.8, 4) is 0 Å². The number of amides is 1. The van der Waals surface area contributed by atoms with Gasteiger partial charge in [0.1, 0.15) is 0 Å². The number of aromatic nitrogens is 1. The van der Waals surface area contributed by atoms with Gasteiger partial charge in [-0.25, -0.2) is 4.79 Å². The minimum atomic E-state index is -1.23. The van der Waals surface area contributed by atoms with Crippen molar-refractivity contribution in [1.29, 1.82) is 0 Å². The van der Waals surface area contributed by atoms with Gasteiger partial charge in [-0.1, -0.05) is 5.16 Å². The monoisotopic (exact) mass is 268 g/mol. The highest BCUT2D eigenvalue weighted by Crippen LogP contribution is 2.18. The lowest BCUT2D eigenvalue weighted by molar-refractivity contribution is 0.0559. The molecule has 1 aromatic rings. The molecule has 0 aliphatic carbocycles. The Morgan fingerprint density at radius 2 is 2.42 bits per heavy atom. The molecule has 2 rings (SSSR count). The number of nitrogens with zero attached hydrogens (tertiary/aromatic N) is 2. The molecule has 1 saturated heterocycles. The molecule has 0 aromatic carbocycles. The molecule has 104 valence electrons. The Labute approximate surface area is 110 Å². The van der Waals surface area contributed by atoms with Crippen LogP contribution in [0.5, 0.6) is 0 Å². The molecular weight excluding hydrogens is 252 g/mol. The highest BCUT2D eigenvalue weighted by Gasteiger charge is 2.27. The number of piperidine rings is 1. The number of aromatic carboxylic acids is 1. The molecule has 2 heterocycles. The molecule has 1 unspecified atom stereocenters.